The predicted molar refractivity (Wildman–Crippen MR) is 105 cm³/mol. The average Bonchev–Trinajstić information content (AvgIpc) is 3.06. The third kappa shape index (κ3) is 3.94. The van der Waals surface area contributed by atoms with Crippen molar-refractivity contribution in [2.24, 2.45) is 0 Å². The van der Waals surface area contributed by atoms with Crippen LogP contribution in [0.3, 0.4) is 0 Å². The number of carbonyl (C=O) groups excluding carboxylic acids is 1. The second kappa shape index (κ2) is 7.84. The normalized spacial score (nSPS) is 19.7. The Labute approximate surface area is 171 Å². The number of halogens is 5. The molecule has 1 unspecified atom stereocenters. The van der Waals surface area contributed by atoms with Crippen LogP contribution < -0.4 is 10.2 Å². The lowest BCUT2D eigenvalue weighted by atomic mass is 9.79. The van der Waals surface area contributed by atoms with Crippen molar-refractivity contribution in [2.45, 2.75) is 31.5 Å². The minimum Gasteiger partial charge on any atom is -0.370 e. The molecule has 28 heavy (non-hydrogen) atoms. The molecule has 1 fully saturated rings. The summed E-state index contributed by atoms with van der Waals surface area (Å²) < 4.78 is 42.5. The van der Waals surface area contributed by atoms with E-state index in [0.717, 1.165) is 11.1 Å². The van der Waals surface area contributed by atoms with E-state index < -0.39 is 11.6 Å². The Morgan fingerprint density at radius 1 is 1.18 bits per heavy atom. The number of anilines is 1. The van der Waals surface area contributed by atoms with Crippen LogP contribution in [0.5, 0.6) is 0 Å². The standard InChI is InChI=1S/C20H19Cl2F3N2O/c1-13-6-18(3-2-14(13)10-26-12-28)27-5-4-19(11-27,20(23,24)25)15-7-16(21)9-17(22)8-15/h2-3,6-9,12H,4-5,10-11H2,1H3,(H,26,28). The third-order valence-electron chi connectivity index (χ3n) is 5.29. The Morgan fingerprint density at radius 2 is 1.86 bits per heavy atom. The maximum Gasteiger partial charge on any atom is 0.400 e. The molecule has 3 rings (SSSR count). The number of rotatable bonds is 5. The largest absolute Gasteiger partial charge is 0.400 e. The molecule has 0 spiro atoms. The van der Waals surface area contributed by atoms with E-state index >= 15 is 0 Å². The van der Waals surface area contributed by atoms with Crippen LogP contribution in [0.15, 0.2) is 36.4 Å². The van der Waals surface area contributed by atoms with Crippen LogP contribution in [0, 0.1) is 6.92 Å². The molecule has 1 aliphatic rings. The summed E-state index contributed by atoms with van der Waals surface area (Å²) in [5.41, 5.74) is 0.587. The Morgan fingerprint density at radius 3 is 2.43 bits per heavy atom. The van der Waals surface area contributed by atoms with Gasteiger partial charge in [-0.15, -0.1) is 0 Å². The molecule has 0 aromatic heterocycles. The molecule has 1 heterocycles. The van der Waals surface area contributed by atoms with Crippen LogP contribution >= 0.6 is 23.2 Å². The quantitative estimate of drug-likeness (QED) is 0.656. The fourth-order valence-corrected chi connectivity index (χ4v) is 4.24. The van der Waals surface area contributed by atoms with E-state index in [4.69, 9.17) is 23.2 Å². The van der Waals surface area contributed by atoms with Crippen molar-refractivity contribution >= 4 is 35.3 Å². The molecule has 2 aromatic rings. The molecule has 3 nitrogen and oxygen atoms in total. The monoisotopic (exact) mass is 430 g/mol. The second-order valence-corrected chi connectivity index (χ2v) is 7.89. The number of hydrogen-bond acceptors (Lipinski definition) is 2. The topological polar surface area (TPSA) is 32.3 Å². The Balaban J connectivity index is 1.94. The maximum absolute atomic E-state index is 14.2. The van der Waals surface area contributed by atoms with E-state index in [1.165, 1.54) is 18.2 Å². The molecule has 150 valence electrons. The number of hydrogen-bond donors (Lipinski definition) is 1. The van der Waals surface area contributed by atoms with E-state index in [1.54, 1.807) is 11.0 Å². The summed E-state index contributed by atoms with van der Waals surface area (Å²) in [5, 5.41) is 2.97. The molecule has 1 amide bonds. The van der Waals surface area contributed by atoms with Gasteiger partial charge in [-0.1, -0.05) is 29.3 Å². The highest BCUT2D eigenvalue weighted by molar-refractivity contribution is 6.34. The van der Waals surface area contributed by atoms with Gasteiger partial charge < -0.3 is 10.2 Å². The number of aryl methyl sites for hydroxylation is 1. The van der Waals surface area contributed by atoms with Gasteiger partial charge in [0.1, 0.15) is 5.41 Å². The van der Waals surface area contributed by atoms with Gasteiger partial charge in [-0.05, 0) is 60.4 Å². The second-order valence-electron chi connectivity index (χ2n) is 7.02. The lowest BCUT2D eigenvalue weighted by molar-refractivity contribution is -0.184. The predicted octanol–water partition coefficient (Wildman–Crippen LogP) is 5.26. The summed E-state index contributed by atoms with van der Waals surface area (Å²) in [4.78, 5) is 12.2. The Kier molecular flexibility index (Phi) is 5.82. The molecule has 0 bridgehead atoms. The van der Waals surface area contributed by atoms with Crippen molar-refractivity contribution in [3.05, 3.63) is 63.1 Å². The molecule has 1 aliphatic heterocycles. The highest BCUT2D eigenvalue weighted by atomic mass is 35.5. The fraction of sp³-hybridized carbons (Fsp3) is 0.350. The molecule has 0 saturated carbocycles. The number of nitrogens with one attached hydrogen (secondary N) is 1. The minimum absolute atomic E-state index is 0.0827. The first-order chi connectivity index (χ1) is 13.2. The maximum atomic E-state index is 14.2. The summed E-state index contributed by atoms with van der Waals surface area (Å²) in [6.45, 7) is 2.30. The molecule has 8 heteroatoms. The zero-order valence-corrected chi connectivity index (χ0v) is 16.6. The number of carbonyl (C=O) groups is 1. The molecule has 0 radical (unpaired) electrons. The zero-order valence-electron chi connectivity index (χ0n) is 15.1. The van der Waals surface area contributed by atoms with Gasteiger partial charge in [-0.25, -0.2) is 0 Å². The fourth-order valence-electron chi connectivity index (χ4n) is 3.72. The van der Waals surface area contributed by atoms with Crippen molar-refractivity contribution in [3.63, 3.8) is 0 Å². The van der Waals surface area contributed by atoms with E-state index in [1.807, 2.05) is 19.1 Å². The van der Waals surface area contributed by atoms with Crippen molar-refractivity contribution in [1.82, 2.24) is 5.32 Å². The molecular weight excluding hydrogens is 412 g/mol. The third-order valence-corrected chi connectivity index (χ3v) is 5.73. The van der Waals surface area contributed by atoms with Crippen LogP contribution in [0.25, 0.3) is 0 Å². The zero-order chi connectivity index (χ0) is 20.5. The van der Waals surface area contributed by atoms with E-state index in [9.17, 15) is 18.0 Å². The van der Waals surface area contributed by atoms with Crippen LogP contribution in [-0.2, 0) is 16.8 Å². The van der Waals surface area contributed by atoms with Gasteiger partial charge in [0.2, 0.25) is 6.41 Å². The molecular formula is C20H19Cl2F3N2O. The SMILES string of the molecule is Cc1cc(N2CCC(c3cc(Cl)cc(Cl)c3)(C(F)(F)F)C2)ccc1CNC=O. The van der Waals surface area contributed by atoms with Crippen LogP contribution in [0.4, 0.5) is 18.9 Å². The highest BCUT2D eigenvalue weighted by Gasteiger charge is 2.59. The first-order valence-electron chi connectivity index (χ1n) is 8.71. The molecule has 1 N–H and O–H groups in total. The number of nitrogens with zero attached hydrogens (tertiary/aromatic N) is 1. The van der Waals surface area contributed by atoms with Crippen molar-refractivity contribution in [2.75, 3.05) is 18.0 Å². The van der Waals surface area contributed by atoms with Crippen molar-refractivity contribution in [3.8, 4) is 0 Å². The summed E-state index contributed by atoms with van der Waals surface area (Å²) >= 11 is 12.0. The Hall–Kier alpha value is -1.92. The Bertz CT molecular complexity index is 868. The van der Waals surface area contributed by atoms with Gasteiger partial charge in [-0.2, -0.15) is 13.2 Å². The lowest BCUT2D eigenvalue weighted by Crippen LogP contribution is -2.44. The van der Waals surface area contributed by atoms with Gasteiger partial charge in [0.15, 0.2) is 0 Å². The summed E-state index contributed by atoms with van der Waals surface area (Å²) in [7, 11) is 0. The molecule has 1 atom stereocenters. The minimum atomic E-state index is -4.45. The summed E-state index contributed by atoms with van der Waals surface area (Å²) in [6.07, 6.45) is -3.92. The average molecular weight is 431 g/mol. The van der Waals surface area contributed by atoms with E-state index in [0.29, 0.717) is 18.6 Å². The van der Waals surface area contributed by atoms with Crippen LogP contribution in [-0.4, -0.2) is 25.7 Å². The summed E-state index contributed by atoms with van der Waals surface area (Å²) in [6, 6.07) is 9.59. The van der Waals surface area contributed by atoms with Crippen LogP contribution in [0.2, 0.25) is 10.0 Å². The number of benzene rings is 2. The smallest absolute Gasteiger partial charge is 0.370 e. The van der Waals surface area contributed by atoms with Gasteiger partial charge in [-0.3, -0.25) is 4.79 Å². The van der Waals surface area contributed by atoms with Crippen molar-refractivity contribution < 1.29 is 18.0 Å². The molecule has 0 aliphatic carbocycles. The van der Waals surface area contributed by atoms with E-state index in [2.05, 4.69) is 5.32 Å². The van der Waals surface area contributed by atoms with Gasteiger partial charge in [0.25, 0.3) is 0 Å². The highest BCUT2D eigenvalue weighted by Crippen LogP contribution is 2.49. The lowest BCUT2D eigenvalue weighted by Gasteiger charge is -2.33. The molecule has 2 aromatic carbocycles. The summed E-state index contributed by atoms with van der Waals surface area (Å²) in [5.74, 6) is 0. The number of alkyl halides is 3. The van der Waals surface area contributed by atoms with Gasteiger partial charge in [0, 0.05) is 35.4 Å². The first-order valence-corrected chi connectivity index (χ1v) is 9.47. The molecule has 1 saturated heterocycles. The first kappa shape index (κ1) is 20.8. The van der Waals surface area contributed by atoms with Crippen LogP contribution in [0.1, 0.15) is 23.1 Å². The van der Waals surface area contributed by atoms with E-state index in [-0.39, 0.29) is 35.1 Å². The van der Waals surface area contributed by atoms with Gasteiger partial charge >= 0.3 is 6.18 Å². The van der Waals surface area contributed by atoms with Crippen molar-refractivity contribution in [1.29, 1.82) is 0 Å². The number of amides is 1. The van der Waals surface area contributed by atoms with Gasteiger partial charge in [0.05, 0.1) is 0 Å².